The first-order valence-electron chi connectivity index (χ1n) is 15.9. The van der Waals surface area contributed by atoms with Crippen molar-refractivity contribution in [3.63, 3.8) is 0 Å². The molecule has 0 spiro atoms. The van der Waals surface area contributed by atoms with E-state index in [0.29, 0.717) is 34.2 Å². The second-order valence-electron chi connectivity index (χ2n) is 11.6. The molecule has 3 atom stereocenters. The molecule has 3 amide bonds. The normalized spacial score (nSPS) is 20.8. The minimum Gasteiger partial charge on any atom is -0.462 e. The Morgan fingerprint density at radius 2 is 1.57 bits per heavy atom. The Labute approximate surface area is 276 Å². The van der Waals surface area contributed by atoms with Gasteiger partial charge in [0, 0.05) is 42.7 Å². The number of thioether (sulfide) groups is 1. The van der Waals surface area contributed by atoms with Crippen molar-refractivity contribution in [2.75, 3.05) is 42.6 Å². The van der Waals surface area contributed by atoms with Crippen LogP contribution >= 0.6 is 23.1 Å². The Hall–Kier alpha value is -3.90. The second-order valence-corrected chi connectivity index (χ2v) is 13.8. The monoisotopic (exact) mass is 662 g/mol. The van der Waals surface area contributed by atoms with Crippen LogP contribution in [0, 0.1) is 5.92 Å². The summed E-state index contributed by atoms with van der Waals surface area (Å²) >= 11 is 2.27. The average Bonchev–Trinajstić information content (AvgIpc) is 3.52. The number of ether oxygens (including phenoxy) is 1. The summed E-state index contributed by atoms with van der Waals surface area (Å²) in [5, 5.41) is -0.206. The quantitative estimate of drug-likeness (QED) is 0.239. The maximum absolute atomic E-state index is 14.3. The number of piperidine rings is 1. The van der Waals surface area contributed by atoms with Gasteiger partial charge in [-0.2, -0.15) is 0 Å². The van der Waals surface area contributed by atoms with Gasteiger partial charge in [-0.25, -0.2) is 9.69 Å². The maximum atomic E-state index is 14.3. The van der Waals surface area contributed by atoms with Gasteiger partial charge in [0.25, 0.3) is 0 Å². The van der Waals surface area contributed by atoms with Crippen molar-refractivity contribution in [2.45, 2.75) is 62.8 Å². The lowest BCUT2D eigenvalue weighted by Crippen LogP contribution is -2.39. The lowest BCUT2D eigenvalue weighted by atomic mass is 9.83. The third-order valence-electron chi connectivity index (χ3n) is 9.07. The molecule has 0 N–H and O–H groups in total. The first-order chi connectivity index (χ1) is 22.3. The smallest absolute Gasteiger partial charge is 0.338 e. The van der Waals surface area contributed by atoms with Crippen molar-refractivity contribution >= 4 is 58.2 Å². The number of nitrogens with zero attached hydrogens (tertiary/aromatic N) is 4. The molecule has 10 nitrogen and oxygen atoms in total. The summed E-state index contributed by atoms with van der Waals surface area (Å²) in [7, 11) is 0. The van der Waals surface area contributed by atoms with E-state index in [1.807, 2.05) is 29.2 Å². The zero-order valence-electron chi connectivity index (χ0n) is 26.3. The van der Waals surface area contributed by atoms with Crippen molar-refractivity contribution in [1.82, 2.24) is 9.47 Å². The predicted molar refractivity (Wildman–Crippen MR) is 179 cm³/mol. The van der Waals surface area contributed by atoms with E-state index in [1.54, 1.807) is 31.2 Å². The van der Waals surface area contributed by atoms with E-state index in [2.05, 4.69) is 18.7 Å². The number of benzene rings is 2. The minimum absolute atomic E-state index is 0.0934. The summed E-state index contributed by atoms with van der Waals surface area (Å²) in [5.74, 6) is -2.62. The van der Waals surface area contributed by atoms with Crippen LogP contribution in [0.15, 0.2) is 58.4 Å². The molecule has 2 unspecified atom stereocenters. The number of imide groups is 1. The molecule has 3 aliphatic rings. The topological polar surface area (TPSA) is 109 Å². The van der Waals surface area contributed by atoms with Crippen molar-refractivity contribution in [3.8, 4) is 0 Å². The molecule has 242 valence electrons. The number of aromatic nitrogens is 1. The van der Waals surface area contributed by atoms with E-state index in [9.17, 15) is 24.0 Å². The first kappa shape index (κ1) is 32.1. The fourth-order valence-electron chi connectivity index (χ4n) is 6.69. The Morgan fingerprint density at radius 1 is 0.891 bits per heavy atom. The number of carbonyl (C=O) groups is 4. The molecule has 0 aliphatic carbocycles. The highest BCUT2D eigenvalue weighted by Gasteiger charge is 2.57. The molecular weight excluding hydrogens is 625 g/mol. The fraction of sp³-hybridized carbons (Fsp3) is 0.441. The number of fused-ring (bicyclic) bond motifs is 2. The summed E-state index contributed by atoms with van der Waals surface area (Å²) in [6.07, 6.45) is 2.97. The molecule has 0 radical (unpaired) electrons. The Kier molecular flexibility index (Phi) is 9.37. The van der Waals surface area contributed by atoms with Gasteiger partial charge in [0.05, 0.1) is 28.8 Å². The number of amides is 3. The molecular formula is C34H38N4O6S2. The Morgan fingerprint density at radius 3 is 2.20 bits per heavy atom. The van der Waals surface area contributed by atoms with Gasteiger partial charge in [-0.3, -0.25) is 23.7 Å². The Balaban J connectivity index is 1.39. The van der Waals surface area contributed by atoms with E-state index in [1.165, 1.54) is 21.2 Å². The predicted octanol–water partition coefficient (Wildman–Crippen LogP) is 4.74. The summed E-state index contributed by atoms with van der Waals surface area (Å²) in [5.41, 5.74) is 2.58. The number of hydrogen-bond acceptors (Lipinski definition) is 9. The number of anilines is 2. The van der Waals surface area contributed by atoms with Gasteiger partial charge in [0.2, 0.25) is 17.7 Å². The van der Waals surface area contributed by atoms with Gasteiger partial charge in [-0.05, 0) is 82.0 Å². The molecule has 0 bridgehead atoms. The van der Waals surface area contributed by atoms with Crippen LogP contribution in [0.3, 0.4) is 0 Å². The number of hydrogen-bond donors (Lipinski definition) is 0. The molecule has 2 aromatic carbocycles. The van der Waals surface area contributed by atoms with E-state index >= 15 is 0 Å². The van der Waals surface area contributed by atoms with Gasteiger partial charge < -0.3 is 14.5 Å². The van der Waals surface area contributed by atoms with E-state index in [-0.39, 0.29) is 35.7 Å². The summed E-state index contributed by atoms with van der Waals surface area (Å²) in [6, 6.07) is 14.3. The summed E-state index contributed by atoms with van der Waals surface area (Å²) in [6.45, 7) is 9.09. The minimum atomic E-state index is -0.789. The van der Waals surface area contributed by atoms with Crippen molar-refractivity contribution in [1.29, 1.82) is 0 Å². The highest BCUT2D eigenvalue weighted by molar-refractivity contribution is 8.00. The molecule has 2 saturated heterocycles. The lowest BCUT2D eigenvalue weighted by molar-refractivity contribution is -0.133. The highest BCUT2D eigenvalue weighted by atomic mass is 32.2. The van der Waals surface area contributed by atoms with Crippen LogP contribution < -0.4 is 14.7 Å². The number of esters is 1. The summed E-state index contributed by atoms with van der Waals surface area (Å²) < 4.78 is 6.58. The molecule has 4 heterocycles. The van der Waals surface area contributed by atoms with Crippen LogP contribution in [0.4, 0.5) is 11.4 Å². The maximum Gasteiger partial charge on any atom is 0.338 e. The van der Waals surface area contributed by atoms with Crippen LogP contribution in [-0.4, -0.2) is 71.2 Å². The summed E-state index contributed by atoms with van der Waals surface area (Å²) in [4.78, 5) is 73.1. The molecule has 0 saturated carbocycles. The Bertz CT molecular complexity index is 1690. The number of thiazole rings is 1. The van der Waals surface area contributed by atoms with Gasteiger partial charge >= 0.3 is 10.8 Å². The van der Waals surface area contributed by atoms with Gasteiger partial charge in [-0.15, -0.1) is 0 Å². The largest absolute Gasteiger partial charge is 0.462 e. The van der Waals surface area contributed by atoms with Crippen LogP contribution in [0.25, 0.3) is 0 Å². The van der Waals surface area contributed by atoms with Crippen LogP contribution in [0.5, 0.6) is 0 Å². The third kappa shape index (κ3) is 5.77. The molecule has 1 aromatic heterocycles. The molecule has 3 aliphatic heterocycles. The number of rotatable bonds is 9. The highest BCUT2D eigenvalue weighted by Crippen LogP contribution is 2.54. The van der Waals surface area contributed by atoms with Crippen LogP contribution in [0.1, 0.15) is 66.8 Å². The van der Waals surface area contributed by atoms with Crippen LogP contribution in [0.2, 0.25) is 0 Å². The second kappa shape index (κ2) is 13.4. The van der Waals surface area contributed by atoms with Gasteiger partial charge in [-0.1, -0.05) is 35.2 Å². The third-order valence-corrected chi connectivity index (χ3v) is 11.7. The lowest BCUT2D eigenvalue weighted by Gasteiger charge is -2.31. The van der Waals surface area contributed by atoms with E-state index in [0.717, 1.165) is 54.9 Å². The average molecular weight is 663 g/mol. The van der Waals surface area contributed by atoms with Gasteiger partial charge in [0.15, 0.2) is 0 Å². The number of likely N-dealkylation sites (tertiary alicyclic amines) is 1. The van der Waals surface area contributed by atoms with Crippen molar-refractivity contribution < 1.29 is 23.9 Å². The fourth-order valence-corrected chi connectivity index (χ4v) is 9.46. The van der Waals surface area contributed by atoms with Crippen molar-refractivity contribution in [3.05, 3.63) is 74.2 Å². The molecule has 3 aromatic rings. The zero-order valence-corrected chi connectivity index (χ0v) is 27.9. The molecule has 46 heavy (non-hydrogen) atoms. The van der Waals surface area contributed by atoms with Gasteiger partial charge in [0.1, 0.15) is 11.8 Å². The van der Waals surface area contributed by atoms with Crippen molar-refractivity contribution in [2.24, 2.45) is 5.92 Å². The molecule has 6 rings (SSSR count). The van der Waals surface area contributed by atoms with Crippen LogP contribution in [-0.2, 0) is 25.7 Å². The molecule has 2 fully saturated rings. The molecule has 12 heteroatoms. The SMILES string of the molecule is CCOC(=O)c1ccc(N2C(=O)C3Sc4c(sc(=O)n4CC(=O)N4CCCCC4)[C@H](c4ccc(N(CC)CC)cc4)C3C2=O)cc1. The number of carbonyl (C=O) groups excluding carboxylic acids is 4. The zero-order chi connectivity index (χ0) is 32.5. The van der Waals surface area contributed by atoms with E-state index < -0.39 is 23.1 Å². The first-order valence-corrected chi connectivity index (χ1v) is 17.6. The van der Waals surface area contributed by atoms with E-state index in [4.69, 9.17) is 4.74 Å². The standard InChI is InChI=1S/C34H38N4O6S2/c1-4-35(5-2)23-14-10-21(11-15-23)26-27-28(31(41)38(30(27)40)24-16-12-22(13-17-24)33(42)44-6-3)45-32-29(26)46-34(43)37(32)20-25(39)36-18-8-7-9-19-36/h10-17,26-28H,4-9,18-20H2,1-3H3/t26-,27?,28?/m1/s1.